The van der Waals surface area contributed by atoms with Crippen LogP contribution in [0.4, 0.5) is 54.8 Å². The van der Waals surface area contributed by atoms with E-state index < -0.39 is 28.4 Å². The summed E-state index contributed by atoms with van der Waals surface area (Å²) in [5, 5.41) is 12.1. The molecule has 0 fully saturated rings. The highest BCUT2D eigenvalue weighted by Crippen LogP contribution is 2.45. The standard InChI is InChI=1S/C33H24ClF6N5O2S2/c34-24-16-27(45(46)47)31(17-30(24)48-28-7-3-1-5-25(28)42)49-29-8-4-2-6-26(29)44-43-23-13-19(11-21(15-23)33(38,39)40)9-18-10-20(32(35,36)37)14-22(41)12-18/h1-8,10-17,43-44H,9,41-42H2. The number of benzene rings is 5. The first-order valence-corrected chi connectivity index (χ1v) is 16.0. The van der Waals surface area contributed by atoms with Crippen LogP contribution in [0, 0.1) is 10.1 Å². The topological polar surface area (TPSA) is 119 Å². The number of nitrogens with zero attached hydrogens (tertiary/aromatic N) is 1. The zero-order valence-corrected chi connectivity index (χ0v) is 27.2. The highest BCUT2D eigenvalue weighted by atomic mass is 35.5. The van der Waals surface area contributed by atoms with Gasteiger partial charge in [0.1, 0.15) is 0 Å². The van der Waals surface area contributed by atoms with Crippen LogP contribution in [0.1, 0.15) is 22.3 Å². The molecule has 5 aromatic rings. The van der Waals surface area contributed by atoms with Gasteiger partial charge in [-0.15, -0.1) is 0 Å². The van der Waals surface area contributed by atoms with Crippen molar-refractivity contribution in [2.24, 2.45) is 0 Å². The Balaban J connectivity index is 1.43. The molecule has 0 aliphatic rings. The third-order valence-electron chi connectivity index (χ3n) is 6.87. The summed E-state index contributed by atoms with van der Waals surface area (Å²) in [6, 6.07) is 22.3. The average Bonchev–Trinajstić information content (AvgIpc) is 3.02. The van der Waals surface area contributed by atoms with Crippen LogP contribution in [-0.4, -0.2) is 4.92 Å². The maximum Gasteiger partial charge on any atom is 0.416 e. The Kier molecular flexibility index (Phi) is 10.5. The monoisotopic (exact) mass is 735 g/mol. The van der Waals surface area contributed by atoms with E-state index in [-0.39, 0.29) is 44.5 Å². The highest BCUT2D eigenvalue weighted by Gasteiger charge is 2.32. The van der Waals surface area contributed by atoms with Crippen LogP contribution in [-0.2, 0) is 18.8 Å². The molecule has 0 bridgehead atoms. The Morgan fingerprint density at radius 3 is 1.94 bits per heavy atom. The van der Waals surface area contributed by atoms with Crippen LogP contribution < -0.4 is 22.3 Å². The number of nitro groups is 1. The second kappa shape index (κ2) is 14.4. The summed E-state index contributed by atoms with van der Waals surface area (Å²) in [6.07, 6.45) is -9.72. The Labute approximate surface area is 289 Å². The largest absolute Gasteiger partial charge is 0.416 e. The second-order valence-electron chi connectivity index (χ2n) is 10.5. The van der Waals surface area contributed by atoms with Gasteiger partial charge in [-0.05, 0) is 84.3 Å². The molecular weight excluding hydrogens is 712 g/mol. The number of rotatable bonds is 10. The molecule has 0 aromatic heterocycles. The molecule has 0 heterocycles. The van der Waals surface area contributed by atoms with Gasteiger partial charge in [0.15, 0.2) is 0 Å². The van der Waals surface area contributed by atoms with Crippen molar-refractivity contribution in [3.63, 3.8) is 0 Å². The first-order chi connectivity index (χ1) is 23.1. The van der Waals surface area contributed by atoms with Gasteiger partial charge in [-0.25, -0.2) is 0 Å². The summed E-state index contributed by atoms with van der Waals surface area (Å²) in [7, 11) is 0. The molecule has 7 nitrogen and oxygen atoms in total. The first-order valence-electron chi connectivity index (χ1n) is 14.0. The van der Waals surface area contributed by atoms with Crippen LogP contribution in [0.25, 0.3) is 0 Å². The van der Waals surface area contributed by atoms with E-state index in [2.05, 4.69) is 10.9 Å². The SMILES string of the molecule is Nc1cc(Cc2cc(NNc3ccccc3Sc3cc(Sc4ccccc4N)c(Cl)cc3[N+](=O)[O-])cc(C(F)(F)F)c2)cc(C(F)(F)F)c1. The predicted molar refractivity (Wildman–Crippen MR) is 181 cm³/mol. The molecule has 16 heteroatoms. The normalized spacial score (nSPS) is 11.7. The number of anilines is 4. The van der Waals surface area contributed by atoms with E-state index in [1.807, 2.05) is 0 Å². The average molecular weight is 736 g/mol. The minimum Gasteiger partial charge on any atom is -0.399 e. The Bertz CT molecular complexity index is 2030. The number of nitrogens with one attached hydrogen (secondary N) is 2. The molecule has 0 radical (unpaired) electrons. The first kappa shape index (κ1) is 35.6. The van der Waals surface area contributed by atoms with E-state index in [1.54, 1.807) is 54.6 Å². The fourth-order valence-corrected chi connectivity index (χ4v) is 6.96. The molecule has 0 saturated heterocycles. The minimum atomic E-state index is -4.76. The van der Waals surface area contributed by atoms with Crippen LogP contribution >= 0.6 is 35.1 Å². The Hall–Kier alpha value is -4.73. The van der Waals surface area contributed by atoms with Crippen molar-refractivity contribution < 1.29 is 31.3 Å². The van der Waals surface area contributed by atoms with Crippen molar-refractivity contribution in [3.05, 3.63) is 134 Å². The molecule has 0 saturated carbocycles. The lowest BCUT2D eigenvalue weighted by molar-refractivity contribution is -0.387. The van der Waals surface area contributed by atoms with Gasteiger partial charge >= 0.3 is 12.4 Å². The van der Waals surface area contributed by atoms with Gasteiger partial charge in [-0.3, -0.25) is 15.5 Å². The number of nitrogen functional groups attached to an aromatic ring is 2. The molecule has 0 spiro atoms. The van der Waals surface area contributed by atoms with Gasteiger partial charge in [0.05, 0.1) is 37.3 Å². The zero-order chi connectivity index (χ0) is 35.5. The number of nitrogens with two attached hydrogens (primary N) is 2. The Morgan fingerprint density at radius 1 is 0.694 bits per heavy atom. The lowest BCUT2D eigenvalue weighted by Gasteiger charge is -2.17. The number of hydrogen-bond acceptors (Lipinski definition) is 8. The number of hydrogen-bond donors (Lipinski definition) is 4. The van der Waals surface area contributed by atoms with Gasteiger partial charge in [0.25, 0.3) is 5.69 Å². The molecule has 49 heavy (non-hydrogen) atoms. The van der Waals surface area contributed by atoms with Crippen LogP contribution in [0.15, 0.2) is 117 Å². The third kappa shape index (κ3) is 9.04. The van der Waals surface area contributed by atoms with Crippen molar-refractivity contribution in [1.82, 2.24) is 0 Å². The van der Waals surface area contributed by atoms with Crippen LogP contribution in [0.2, 0.25) is 5.02 Å². The number of para-hydroxylation sites is 2. The fraction of sp³-hybridized carbons (Fsp3) is 0.0909. The summed E-state index contributed by atoms with van der Waals surface area (Å²) in [4.78, 5) is 13.3. The molecule has 0 aliphatic carbocycles. The molecule has 254 valence electrons. The van der Waals surface area contributed by atoms with Crippen molar-refractivity contribution >= 4 is 63.6 Å². The molecule has 5 aromatic carbocycles. The van der Waals surface area contributed by atoms with E-state index in [9.17, 15) is 36.5 Å². The van der Waals surface area contributed by atoms with Crippen molar-refractivity contribution in [2.75, 3.05) is 22.3 Å². The third-order valence-corrected chi connectivity index (χ3v) is 9.57. The lowest BCUT2D eigenvalue weighted by Crippen LogP contribution is -2.12. The summed E-state index contributed by atoms with van der Waals surface area (Å²) in [5.74, 6) is 0. The number of nitro benzene ring substituents is 1. The molecule has 0 aliphatic heterocycles. The van der Waals surface area contributed by atoms with E-state index in [0.29, 0.717) is 26.1 Å². The lowest BCUT2D eigenvalue weighted by atomic mass is 9.99. The van der Waals surface area contributed by atoms with Crippen molar-refractivity contribution in [2.45, 2.75) is 38.4 Å². The van der Waals surface area contributed by atoms with E-state index in [1.165, 1.54) is 30.0 Å². The smallest absolute Gasteiger partial charge is 0.399 e. The number of halogens is 7. The van der Waals surface area contributed by atoms with E-state index in [0.717, 1.165) is 36.0 Å². The second-order valence-corrected chi connectivity index (χ2v) is 13.1. The number of hydrazine groups is 1. The Morgan fingerprint density at radius 2 is 1.29 bits per heavy atom. The quantitative estimate of drug-likeness (QED) is 0.0484. The maximum atomic E-state index is 13.9. The van der Waals surface area contributed by atoms with Crippen LogP contribution in [0.5, 0.6) is 0 Å². The van der Waals surface area contributed by atoms with Crippen molar-refractivity contribution in [1.29, 1.82) is 0 Å². The van der Waals surface area contributed by atoms with Gasteiger partial charge < -0.3 is 16.9 Å². The summed E-state index contributed by atoms with van der Waals surface area (Å²) in [5.41, 5.74) is 15.8. The fourth-order valence-electron chi connectivity index (χ4n) is 4.69. The molecule has 6 N–H and O–H groups in total. The van der Waals surface area contributed by atoms with E-state index in [4.69, 9.17) is 23.1 Å². The van der Waals surface area contributed by atoms with Crippen molar-refractivity contribution in [3.8, 4) is 0 Å². The summed E-state index contributed by atoms with van der Waals surface area (Å²) < 4.78 is 81.6. The van der Waals surface area contributed by atoms with Gasteiger partial charge in [-0.1, -0.05) is 59.4 Å². The summed E-state index contributed by atoms with van der Waals surface area (Å²) >= 11 is 8.67. The van der Waals surface area contributed by atoms with Gasteiger partial charge in [0, 0.05) is 32.1 Å². The predicted octanol–water partition coefficient (Wildman–Crippen LogP) is 10.8. The molecule has 0 unspecified atom stereocenters. The minimum absolute atomic E-state index is 0.0406. The van der Waals surface area contributed by atoms with Gasteiger partial charge in [0.2, 0.25) is 0 Å². The molecule has 0 atom stereocenters. The highest BCUT2D eigenvalue weighted by molar-refractivity contribution is 8.00. The number of alkyl halides is 6. The molecule has 0 amide bonds. The zero-order valence-electron chi connectivity index (χ0n) is 24.8. The molecular formula is C33H24ClF6N5O2S2. The summed E-state index contributed by atoms with van der Waals surface area (Å²) in [6.45, 7) is 0. The van der Waals surface area contributed by atoms with Gasteiger partial charge in [-0.2, -0.15) is 26.3 Å². The molecule has 5 rings (SSSR count). The van der Waals surface area contributed by atoms with E-state index >= 15 is 0 Å². The van der Waals surface area contributed by atoms with Crippen LogP contribution in [0.3, 0.4) is 0 Å². The maximum absolute atomic E-state index is 13.9.